The minimum atomic E-state index is -0.842. The van der Waals surface area contributed by atoms with E-state index in [4.69, 9.17) is 9.73 Å². The van der Waals surface area contributed by atoms with E-state index < -0.39 is 5.54 Å². The Bertz CT molecular complexity index is 852. The summed E-state index contributed by atoms with van der Waals surface area (Å²) in [6.07, 6.45) is 9.67. The van der Waals surface area contributed by atoms with Crippen molar-refractivity contribution in [1.82, 2.24) is 0 Å². The number of allylic oxidation sites excluding steroid dienone is 1. The summed E-state index contributed by atoms with van der Waals surface area (Å²) in [5, 5.41) is 0. The lowest BCUT2D eigenvalue weighted by Crippen LogP contribution is -2.42. The standard InChI is InChI=1S/C22H19NO2/c24-21-22(23-20(25-21)18-11-5-2-6-12-18)16-8-7-13-19(22)15-14-17-9-3-1-4-10-17/h1-12,14-15,19H,13,16H2/b15-14+/t19-,22+/m0/s1. The van der Waals surface area contributed by atoms with Crippen molar-refractivity contribution in [3.8, 4) is 0 Å². The van der Waals surface area contributed by atoms with Crippen LogP contribution in [0.3, 0.4) is 0 Å². The van der Waals surface area contributed by atoms with Crippen molar-refractivity contribution in [2.75, 3.05) is 0 Å². The molecule has 1 heterocycles. The largest absolute Gasteiger partial charge is 0.405 e. The summed E-state index contributed by atoms with van der Waals surface area (Å²) in [5.41, 5.74) is 1.12. The Kier molecular flexibility index (Phi) is 4.06. The van der Waals surface area contributed by atoms with E-state index in [9.17, 15) is 4.79 Å². The smallest absolute Gasteiger partial charge is 0.341 e. The summed E-state index contributed by atoms with van der Waals surface area (Å²) >= 11 is 0. The summed E-state index contributed by atoms with van der Waals surface area (Å²) in [4.78, 5) is 17.5. The van der Waals surface area contributed by atoms with Gasteiger partial charge in [0, 0.05) is 17.9 Å². The molecule has 4 rings (SSSR count). The highest BCUT2D eigenvalue weighted by atomic mass is 16.6. The predicted molar refractivity (Wildman–Crippen MR) is 99.1 cm³/mol. The lowest BCUT2D eigenvalue weighted by Gasteiger charge is -2.30. The Morgan fingerprint density at radius 2 is 1.72 bits per heavy atom. The van der Waals surface area contributed by atoms with Gasteiger partial charge in [0.2, 0.25) is 5.90 Å². The fourth-order valence-electron chi connectivity index (χ4n) is 3.37. The average molecular weight is 329 g/mol. The van der Waals surface area contributed by atoms with Crippen molar-refractivity contribution in [1.29, 1.82) is 0 Å². The quantitative estimate of drug-likeness (QED) is 0.618. The second kappa shape index (κ2) is 6.52. The van der Waals surface area contributed by atoms with Crippen LogP contribution in [0.1, 0.15) is 24.0 Å². The molecule has 1 spiro atoms. The van der Waals surface area contributed by atoms with Gasteiger partial charge in [0.25, 0.3) is 0 Å². The molecule has 3 heteroatoms. The minimum absolute atomic E-state index is 0.00795. The van der Waals surface area contributed by atoms with Crippen LogP contribution >= 0.6 is 0 Å². The zero-order valence-electron chi connectivity index (χ0n) is 13.8. The van der Waals surface area contributed by atoms with Crippen molar-refractivity contribution in [2.24, 2.45) is 10.9 Å². The molecule has 0 bridgehead atoms. The zero-order valence-corrected chi connectivity index (χ0v) is 13.8. The van der Waals surface area contributed by atoms with Crippen LogP contribution in [0.2, 0.25) is 0 Å². The number of benzene rings is 2. The van der Waals surface area contributed by atoms with E-state index in [2.05, 4.69) is 18.2 Å². The lowest BCUT2D eigenvalue weighted by atomic mass is 9.76. The first kappa shape index (κ1) is 15.6. The Balaban J connectivity index is 1.68. The molecule has 124 valence electrons. The van der Waals surface area contributed by atoms with Gasteiger partial charge in [-0.05, 0) is 24.1 Å². The van der Waals surface area contributed by atoms with Crippen LogP contribution in [0.5, 0.6) is 0 Å². The molecule has 0 saturated heterocycles. The Morgan fingerprint density at radius 1 is 1.00 bits per heavy atom. The topological polar surface area (TPSA) is 38.7 Å². The number of hydrogen-bond acceptors (Lipinski definition) is 3. The van der Waals surface area contributed by atoms with Crippen molar-refractivity contribution in [2.45, 2.75) is 18.4 Å². The maximum Gasteiger partial charge on any atom is 0.341 e. The molecule has 1 aliphatic carbocycles. The monoisotopic (exact) mass is 329 g/mol. The van der Waals surface area contributed by atoms with Crippen LogP contribution in [-0.2, 0) is 9.53 Å². The maximum atomic E-state index is 12.8. The fraction of sp³-hybridized carbons (Fsp3) is 0.182. The first-order valence-corrected chi connectivity index (χ1v) is 8.54. The molecular formula is C22H19NO2. The number of rotatable bonds is 3. The molecule has 0 N–H and O–H groups in total. The molecule has 2 atom stereocenters. The van der Waals surface area contributed by atoms with Gasteiger partial charge in [0.15, 0.2) is 5.54 Å². The highest BCUT2D eigenvalue weighted by molar-refractivity contribution is 6.08. The maximum absolute atomic E-state index is 12.8. The number of aliphatic imine (C=N–C) groups is 1. The molecule has 2 aliphatic rings. The first-order chi connectivity index (χ1) is 12.3. The summed E-state index contributed by atoms with van der Waals surface area (Å²) < 4.78 is 5.57. The van der Waals surface area contributed by atoms with Crippen LogP contribution in [0, 0.1) is 5.92 Å². The molecular weight excluding hydrogens is 310 g/mol. The van der Waals surface area contributed by atoms with Gasteiger partial charge >= 0.3 is 5.97 Å². The van der Waals surface area contributed by atoms with Gasteiger partial charge < -0.3 is 4.74 Å². The molecule has 0 unspecified atom stereocenters. The first-order valence-electron chi connectivity index (χ1n) is 8.54. The Hall–Kier alpha value is -2.94. The molecule has 0 radical (unpaired) electrons. The van der Waals surface area contributed by atoms with Gasteiger partial charge in [-0.15, -0.1) is 0 Å². The second-order valence-electron chi connectivity index (χ2n) is 6.38. The molecule has 0 amide bonds. The minimum Gasteiger partial charge on any atom is -0.405 e. The van der Waals surface area contributed by atoms with Gasteiger partial charge in [-0.1, -0.05) is 72.8 Å². The molecule has 0 saturated carbocycles. The number of cyclic esters (lactones) is 1. The number of nitrogens with zero attached hydrogens (tertiary/aromatic N) is 1. The summed E-state index contributed by atoms with van der Waals surface area (Å²) in [6, 6.07) is 19.7. The third kappa shape index (κ3) is 2.93. The van der Waals surface area contributed by atoms with Crippen molar-refractivity contribution >= 4 is 17.9 Å². The van der Waals surface area contributed by atoms with Crippen molar-refractivity contribution < 1.29 is 9.53 Å². The molecule has 25 heavy (non-hydrogen) atoms. The van der Waals surface area contributed by atoms with E-state index >= 15 is 0 Å². The van der Waals surface area contributed by atoms with Crippen molar-refractivity contribution in [3.05, 3.63) is 90.0 Å². The van der Waals surface area contributed by atoms with Crippen LogP contribution in [0.25, 0.3) is 6.08 Å². The van der Waals surface area contributed by atoms with Crippen molar-refractivity contribution in [3.63, 3.8) is 0 Å². The van der Waals surface area contributed by atoms with E-state index in [0.717, 1.165) is 17.5 Å². The highest BCUT2D eigenvalue weighted by Crippen LogP contribution is 2.40. The van der Waals surface area contributed by atoms with E-state index in [-0.39, 0.29) is 11.9 Å². The van der Waals surface area contributed by atoms with Crippen LogP contribution in [-0.4, -0.2) is 17.4 Å². The predicted octanol–water partition coefficient (Wildman–Crippen LogP) is 4.41. The van der Waals surface area contributed by atoms with Gasteiger partial charge in [0.1, 0.15) is 0 Å². The van der Waals surface area contributed by atoms with Gasteiger partial charge in [0.05, 0.1) is 0 Å². The van der Waals surface area contributed by atoms with Crippen LogP contribution < -0.4 is 0 Å². The van der Waals surface area contributed by atoms with E-state index in [1.807, 2.05) is 66.7 Å². The number of carbonyl (C=O) groups excluding carboxylic acids is 1. The zero-order chi connectivity index (χ0) is 17.1. The summed E-state index contributed by atoms with van der Waals surface area (Å²) in [6.45, 7) is 0. The molecule has 2 aromatic carbocycles. The lowest BCUT2D eigenvalue weighted by molar-refractivity contribution is -0.140. The van der Waals surface area contributed by atoms with Crippen LogP contribution in [0.4, 0.5) is 0 Å². The number of hydrogen-bond donors (Lipinski definition) is 0. The molecule has 3 nitrogen and oxygen atoms in total. The number of ether oxygens (including phenoxy) is 1. The van der Waals surface area contributed by atoms with Crippen LogP contribution in [0.15, 0.2) is 83.9 Å². The van der Waals surface area contributed by atoms with Gasteiger partial charge in [-0.25, -0.2) is 9.79 Å². The number of carbonyl (C=O) groups is 1. The third-order valence-electron chi connectivity index (χ3n) is 4.78. The molecule has 2 aromatic rings. The highest BCUT2D eigenvalue weighted by Gasteiger charge is 2.51. The Labute approximate surface area is 147 Å². The Morgan fingerprint density at radius 3 is 2.48 bits per heavy atom. The molecule has 0 aromatic heterocycles. The third-order valence-corrected chi connectivity index (χ3v) is 4.78. The van der Waals surface area contributed by atoms with Gasteiger partial charge in [-0.3, -0.25) is 0 Å². The van der Waals surface area contributed by atoms with E-state index in [1.165, 1.54) is 0 Å². The normalized spacial score (nSPS) is 25.4. The van der Waals surface area contributed by atoms with E-state index in [0.29, 0.717) is 12.3 Å². The fourth-order valence-corrected chi connectivity index (χ4v) is 3.37. The summed E-state index contributed by atoms with van der Waals surface area (Å²) in [5.74, 6) is 0.170. The van der Waals surface area contributed by atoms with Gasteiger partial charge in [-0.2, -0.15) is 0 Å². The van der Waals surface area contributed by atoms with E-state index in [1.54, 1.807) is 0 Å². The summed E-state index contributed by atoms with van der Waals surface area (Å²) in [7, 11) is 0. The SMILES string of the molecule is O=C1OC(c2ccccc2)=N[C@@]12CC=CC[C@H]2/C=C/c1ccccc1. The average Bonchev–Trinajstić information content (AvgIpc) is 3.00. The number of esters is 1. The molecule has 1 aliphatic heterocycles. The molecule has 0 fully saturated rings. The second-order valence-corrected chi connectivity index (χ2v) is 6.38.